The number of piperidine rings is 1. The number of tetrazole rings is 1. The van der Waals surface area contributed by atoms with Gasteiger partial charge in [-0.1, -0.05) is 41.6 Å². The van der Waals surface area contributed by atoms with Crippen molar-refractivity contribution >= 4 is 23.5 Å². The van der Waals surface area contributed by atoms with Crippen molar-refractivity contribution in [2.75, 3.05) is 18.1 Å². The Balaban J connectivity index is 1.42. The summed E-state index contributed by atoms with van der Waals surface area (Å²) in [5, 5.41) is 13.9. The molecule has 29 heavy (non-hydrogen) atoms. The minimum Gasteiger partial charge on any atom is -0.335 e. The van der Waals surface area contributed by atoms with Gasteiger partial charge < -0.3 is 4.90 Å². The van der Waals surface area contributed by atoms with Gasteiger partial charge in [0.15, 0.2) is 11.6 Å². The van der Waals surface area contributed by atoms with Crippen LogP contribution >= 0.6 is 11.8 Å². The normalized spacial score (nSPS) is 17.2. The van der Waals surface area contributed by atoms with Crippen LogP contribution in [0.2, 0.25) is 0 Å². The van der Waals surface area contributed by atoms with Gasteiger partial charge in [-0.3, -0.25) is 9.59 Å². The fraction of sp³-hybridized carbons (Fsp3) is 0.476. The number of allylic oxidation sites excluding steroid dienone is 1. The predicted molar refractivity (Wildman–Crippen MR) is 113 cm³/mol. The summed E-state index contributed by atoms with van der Waals surface area (Å²) in [7, 11) is 0. The highest BCUT2D eigenvalue weighted by Gasteiger charge is 2.25. The van der Waals surface area contributed by atoms with Crippen molar-refractivity contribution in [1.82, 2.24) is 25.5 Å². The lowest BCUT2D eigenvalue weighted by Gasteiger charge is -2.34. The number of hydrogen-bond donors (Lipinski definition) is 1. The number of aromatic nitrogens is 4. The Labute approximate surface area is 175 Å². The maximum absolute atomic E-state index is 12.4. The Kier molecular flexibility index (Phi) is 8.42. The second kappa shape index (κ2) is 11.5. The highest BCUT2D eigenvalue weighted by Crippen LogP contribution is 2.20. The molecule has 1 N–H and O–H groups in total. The Bertz CT molecular complexity index is 795. The topological polar surface area (TPSA) is 91.8 Å². The molecule has 1 atom stereocenters. The molecule has 154 valence electrons. The maximum atomic E-state index is 12.4. The fourth-order valence-electron chi connectivity index (χ4n) is 3.40. The number of ketones is 1. The van der Waals surface area contributed by atoms with E-state index in [0.29, 0.717) is 19.4 Å². The third kappa shape index (κ3) is 7.12. The first-order valence-electron chi connectivity index (χ1n) is 10.1. The Morgan fingerprint density at radius 1 is 1.28 bits per heavy atom. The number of benzene rings is 1. The Morgan fingerprint density at radius 2 is 2.14 bits per heavy atom. The smallest absolute Gasteiger partial charge is 0.223 e. The lowest BCUT2D eigenvalue weighted by Crippen LogP contribution is -2.43. The predicted octanol–water partition coefficient (Wildman–Crippen LogP) is 2.61. The standard InChI is InChI=1S/C21H27N5O2S/c27-19(16-17-6-2-1-3-7-17)12-11-18-8-4-10-21(28)26(18)13-15-29-14-5-9-20-22-24-25-23-20/h1-3,6-7,11-12,18H,4-5,8-10,13-16H2,(H,22,23,24,25)/t18-/m1/s1. The third-order valence-corrected chi connectivity index (χ3v) is 5.94. The second-order valence-electron chi connectivity index (χ2n) is 7.08. The van der Waals surface area contributed by atoms with Crippen LogP contribution in [0.15, 0.2) is 42.5 Å². The molecule has 0 unspecified atom stereocenters. The molecule has 0 spiro atoms. The minimum atomic E-state index is 0.0240. The van der Waals surface area contributed by atoms with E-state index in [-0.39, 0.29) is 17.7 Å². The number of likely N-dealkylation sites (tertiary alicyclic amines) is 1. The van der Waals surface area contributed by atoms with Gasteiger partial charge in [0.25, 0.3) is 0 Å². The number of nitrogens with zero attached hydrogens (tertiary/aromatic N) is 4. The monoisotopic (exact) mass is 413 g/mol. The van der Waals surface area contributed by atoms with E-state index in [4.69, 9.17) is 0 Å². The fourth-order valence-corrected chi connectivity index (χ4v) is 4.28. The van der Waals surface area contributed by atoms with Crippen molar-refractivity contribution in [3.05, 3.63) is 53.9 Å². The van der Waals surface area contributed by atoms with E-state index in [1.54, 1.807) is 6.08 Å². The van der Waals surface area contributed by atoms with Crippen molar-refractivity contribution in [1.29, 1.82) is 0 Å². The van der Waals surface area contributed by atoms with E-state index in [1.165, 1.54) is 0 Å². The van der Waals surface area contributed by atoms with Gasteiger partial charge in [0, 0.05) is 31.6 Å². The zero-order valence-electron chi connectivity index (χ0n) is 16.5. The highest BCUT2D eigenvalue weighted by atomic mass is 32.2. The van der Waals surface area contributed by atoms with Crippen LogP contribution in [0.4, 0.5) is 0 Å². The quantitative estimate of drug-likeness (QED) is 0.450. The summed E-state index contributed by atoms with van der Waals surface area (Å²) in [6.45, 7) is 0.716. The number of rotatable bonds is 11. The molecule has 1 aromatic carbocycles. The van der Waals surface area contributed by atoms with Crippen molar-refractivity contribution < 1.29 is 9.59 Å². The van der Waals surface area contributed by atoms with E-state index in [9.17, 15) is 9.59 Å². The van der Waals surface area contributed by atoms with Gasteiger partial charge in [-0.05, 0) is 36.7 Å². The van der Waals surface area contributed by atoms with Gasteiger partial charge >= 0.3 is 0 Å². The minimum absolute atomic E-state index is 0.0240. The molecule has 0 saturated carbocycles. The van der Waals surface area contributed by atoms with Gasteiger partial charge in [-0.2, -0.15) is 17.0 Å². The van der Waals surface area contributed by atoms with Gasteiger partial charge in [0.1, 0.15) is 0 Å². The summed E-state index contributed by atoms with van der Waals surface area (Å²) in [4.78, 5) is 26.6. The van der Waals surface area contributed by atoms with Crippen LogP contribution in [0.25, 0.3) is 0 Å². The lowest BCUT2D eigenvalue weighted by atomic mass is 10.00. The van der Waals surface area contributed by atoms with Crippen LogP contribution in [0.3, 0.4) is 0 Å². The highest BCUT2D eigenvalue weighted by molar-refractivity contribution is 7.99. The van der Waals surface area contributed by atoms with E-state index in [0.717, 1.165) is 48.6 Å². The van der Waals surface area contributed by atoms with Crippen molar-refractivity contribution in [3.8, 4) is 0 Å². The summed E-state index contributed by atoms with van der Waals surface area (Å²) in [6, 6.07) is 9.76. The van der Waals surface area contributed by atoms with Crippen LogP contribution < -0.4 is 0 Å². The van der Waals surface area contributed by atoms with E-state index < -0.39 is 0 Å². The molecule has 0 radical (unpaired) electrons. The first kappa shape index (κ1) is 21.2. The molecule has 1 fully saturated rings. The lowest BCUT2D eigenvalue weighted by molar-refractivity contribution is -0.134. The number of thioether (sulfide) groups is 1. The van der Waals surface area contributed by atoms with Gasteiger partial charge in [0.05, 0.1) is 6.04 Å². The molecule has 7 nitrogen and oxygen atoms in total. The molecule has 1 saturated heterocycles. The zero-order chi connectivity index (χ0) is 20.3. The van der Waals surface area contributed by atoms with Crippen molar-refractivity contribution in [2.24, 2.45) is 0 Å². The first-order valence-corrected chi connectivity index (χ1v) is 11.2. The molecule has 2 aromatic rings. The van der Waals surface area contributed by atoms with Crippen LogP contribution in [0.1, 0.15) is 37.1 Å². The van der Waals surface area contributed by atoms with Crippen LogP contribution in [0, 0.1) is 0 Å². The number of carbonyl (C=O) groups excluding carboxylic acids is 2. The summed E-state index contributed by atoms with van der Waals surface area (Å²) >= 11 is 1.83. The SMILES string of the molecule is O=C(C=C[C@H]1CCCC(=O)N1CCSCCCc1nn[nH]n1)Cc1ccccc1. The maximum Gasteiger partial charge on any atom is 0.223 e. The molecule has 0 bridgehead atoms. The molecular weight excluding hydrogens is 386 g/mol. The average molecular weight is 414 g/mol. The van der Waals surface area contributed by atoms with Crippen LogP contribution in [0.5, 0.6) is 0 Å². The zero-order valence-corrected chi connectivity index (χ0v) is 17.3. The number of H-pyrrole nitrogens is 1. The summed E-state index contributed by atoms with van der Waals surface area (Å²) in [5.41, 5.74) is 1.01. The number of amides is 1. The molecule has 8 heteroatoms. The van der Waals surface area contributed by atoms with E-state index in [2.05, 4.69) is 20.6 Å². The van der Waals surface area contributed by atoms with Gasteiger partial charge in [-0.25, -0.2) is 0 Å². The molecule has 1 aliphatic rings. The molecule has 1 aliphatic heterocycles. The number of aryl methyl sites for hydroxylation is 1. The largest absolute Gasteiger partial charge is 0.335 e. The first-order chi connectivity index (χ1) is 14.2. The number of carbonyl (C=O) groups is 2. The van der Waals surface area contributed by atoms with E-state index in [1.807, 2.05) is 53.1 Å². The van der Waals surface area contributed by atoms with E-state index >= 15 is 0 Å². The number of nitrogens with one attached hydrogen (secondary N) is 1. The van der Waals surface area contributed by atoms with Crippen LogP contribution in [-0.2, 0) is 22.4 Å². The molecule has 1 amide bonds. The summed E-state index contributed by atoms with van der Waals surface area (Å²) in [6.07, 6.45) is 8.17. The molecule has 1 aromatic heterocycles. The average Bonchev–Trinajstić information content (AvgIpc) is 3.24. The third-order valence-electron chi connectivity index (χ3n) is 4.89. The summed E-state index contributed by atoms with van der Waals surface area (Å²) in [5.74, 6) is 2.88. The Hall–Kier alpha value is -2.48. The molecular formula is C21H27N5O2S. The molecule has 0 aliphatic carbocycles. The number of aromatic amines is 1. The van der Waals surface area contributed by atoms with Gasteiger partial charge in [-0.15, -0.1) is 10.2 Å². The van der Waals surface area contributed by atoms with Crippen molar-refractivity contribution in [3.63, 3.8) is 0 Å². The van der Waals surface area contributed by atoms with Gasteiger partial charge in [0.2, 0.25) is 5.91 Å². The van der Waals surface area contributed by atoms with Crippen molar-refractivity contribution in [2.45, 2.75) is 44.6 Å². The Morgan fingerprint density at radius 3 is 2.93 bits per heavy atom. The molecule has 2 heterocycles. The summed E-state index contributed by atoms with van der Waals surface area (Å²) < 4.78 is 0. The molecule has 3 rings (SSSR count). The van der Waals surface area contributed by atoms with Crippen LogP contribution in [-0.4, -0.2) is 61.3 Å². The number of hydrogen-bond acceptors (Lipinski definition) is 6. The second-order valence-corrected chi connectivity index (χ2v) is 8.30.